The molecule has 0 heterocycles. The van der Waals surface area contributed by atoms with Gasteiger partial charge in [-0.1, -0.05) is 0 Å². The van der Waals surface area contributed by atoms with E-state index in [1.165, 1.54) is 6.26 Å². The Morgan fingerprint density at radius 1 is 1.58 bits per heavy atom. The van der Waals surface area contributed by atoms with Crippen molar-refractivity contribution in [2.24, 2.45) is 11.5 Å². The van der Waals surface area contributed by atoms with Crippen LogP contribution in [0.25, 0.3) is 0 Å². The van der Waals surface area contributed by atoms with E-state index in [9.17, 15) is 8.42 Å². The molecule has 72 valence electrons. The summed E-state index contributed by atoms with van der Waals surface area (Å²) in [6, 6.07) is 0. The first-order valence-corrected chi connectivity index (χ1v) is 6.01. The van der Waals surface area contributed by atoms with Gasteiger partial charge in [-0.3, -0.25) is 0 Å². The smallest absolute Gasteiger partial charge is 0.150 e. The zero-order chi connectivity index (χ0) is 9.41. The molecular weight excluding hydrogens is 176 g/mol. The molecule has 0 aromatic heterocycles. The maximum Gasteiger partial charge on any atom is 0.150 e. The minimum atomic E-state index is -2.92. The normalized spacial score (nSPS) is 37.1. The molecule has 1 rings (SSSR count). The van der Waals surface area contributed by atoms with E-state index < -0.39 is 15.4 Å². The lowest BCUT2D eigenvalue weighted by atomic mass is 10.0. The van der Waals surface area contributed by atoms with Crippen molar-refractivity contribution in [3.63, 3.8) is 0 Å². The number of hydrogen-bond acceptors (Lipinski definition) is 4. The first kappa shape index (κ1) is 9.95. The van der Waals surface area contributed by atoms with Crippen molar-refractivity contribution in [2.45, 2.75) is 30.1 Å². The Hall–Kier alpha value is -0.130. The topological polar surface area (TPSA) is 86.2 Å². The third kappa shape index (κ3) is 1.97. The second kappa shape index (κ2) is 2.97. The van der Waals surface area contributed by atoms with Crippen LogP contribution in [0.4, 0.5) is 0 Å². The summed E-state index contributed by atoms with van der Waals surface area (Å²) in [6.07, 6.45) is 3.16. The molecule has 2 unspecified atom stereocenters. The van der Waals surface area contributed by atoms with Crippen molar-refractivity contribution in [1.29, 1.82) is 0 Å². The molecule has 1 aliphatic rings. The van der Waals surface area contributed by atoms with Gasteiger partial charge in [0.25, 0.3) is 0 Å². The van der Waals surface area contributed by atoms with Crippen LogP contribution in [0.3, 0.4) is 0 Å². The molecule has 0 amide bonds. The first-order chi connectivity index (χ1) is 5.37. The minimum absolute atomic E-state index is 0.272. The van der Waals surface area contributed by atoms with Gasteiger partial charge in [0.2, 0.25) is 0 Å². The monoisotopic (exact) mass is 192 g/mol. The van der Waals surface area contributed by atoms with Crippen LogP contribution in [0.5, 0.6) is 0 Å². The standard InChI is InChI=1S/C7H16N2O2S/c1-12(10,11)6-2-3-7(9,4-6)5-8/h6H,2-5,8-9H2,1H3. The lowest BCUT2D eigenvalue weighted by Gasteiger charge is -2.20. The van der Waals surface area contributed by atoms with E-state index in [-0.39, 0.29) is 5.25 Å². The highest BCUT2D eigenvalue weighted by Crippen LogP contribution is 2.30. The average Bonchev–Trinajstić information content (AvgIpc) is 2.32. The molecule has 4 nitrogen and oxygen atoms in total. The van der Waals surface area contributed by atoms with Crippen LogP contribution in [0.2, 0.25) is 0 Å². The molecule has 0 bridgehead atoms. The van der Waals surface area contributed by atoms with Crippen LogP contribution in [0, 0.1) is 0 Å². The predicted octanol–water partition coefficient (Wildman–Crippen LogP) is -0.760. The van der Waals surface area contributed by atoms with E-state index >= 15 is 0 Å². The minimum Gasteiger partial charge on any atom is -0.329 e. The summed E-state index contributed by atoms with van der Waals surface area (Å²) in [7, 11) is -2.92. The van der Waals surface area contributed by atoms with E-state index in [4.69, 9.17) is 11.5 Å². The molecular formula is C7H16N2O2S. The summed E-state index contributed by atoms with van der Waals surface area (Å²) >= 11 is 0. The number of nitrogens with two attached hydrogens (primary N) is 2. The lowest BCUT2D eigenvalue weighted by Crippen LogP contribution is -2.45. The Morgan fingerprint density at radius 2 is 2.17 bits per heavy atom. The fourth-order valence-electron chi connectivity index (χ4n) is 1.66. The summed E-state index contributed by atoms with van der Waals surface area (Å²) < 4.78 is 22.3. The molecule has 1 aliphatic carbocycles. The Labute approximate surface area is 73.2 Å². The van der Waals surface area contributed by atoms with Crippen LogP contribution in [0.15, 0.2) is 0 Å². The lowest BCUT2D eigenvalue weighted by molar-refractivity contribution is 0.450. The highest BCUT2D eigenvalue weighted by molar-refractivity contribution is 7.91. The molecule has 12 heavy (non-hydrogen) atoms. The number of rotatable bonds is 2. The molecule has 1 saturated carbocycles. The van der Waals surface area contributed by atoms with Crippen LogP contribution in [-0.4, -0.2) is 32.0 Å². The maximum absolute atomic E-state index is 11.1. The molecule has 0 saturated heterocycles. The maximum atomic E-state index is 11.1. The zero-order valence-electron chi connectivity index (χ0n) is 7.29. The van der Waals surface area contributed by atoms with E-state index in [2.05, 4.69) is 0 Å². The zero-order valence-corrected chi connectivity index (χ0v) is 8.10. The summed E-state index contributed by atoms with van der Waals surface area (Å²) in [5.74, 6) is 0. The molecule has 0 aromatic carbocycles. The molecule has 2 atom stereocenters. The quantitative estimate of drug-likeness (QED) is 0.602. The van der Waals surface area contributed by atoms with Crippen LogP contribution in [-0.2, 0) is 9.84 Å². The van der Waals surface area contributed by atoms with Crippen molar-refractivity contribution < 1.29 is 8.42 Å². The van der Waals surface area contributed by atoms with Gasteiger partial charge in [0.05, 0.1) is 5.25 Å². The van der Waals surface area contributed by atoms with Crippen molar-refractivity contribution in [2.75, 3.05) is 12.8 Å². The fraction of sp³-hybridized carbons (Fsp3) is 1.00. The largest absolute Gasteiger partial charge is 0.329 e. The highest BCUT2D eigenvalue weighted by atomic mass is 32.2. The van der Waals surface area contributed by atoms with E-state index in [1.807, 2.05) is 0 Å². The fourth-order valence-corrected chi connectivity index (χ4v) is 2.84. The average molecular weight is 192 g/mol. The highest BCUT2D eigenvalue weighted by Gasteiger charge is 2.39. The Balaban J connectivity index is 2.70. The molecule has 4 N–H and O–H groups in total. The van der Waals surface area contributed by atoms with Gasteiger partial charge in [-0.05, 0) is 19.3 Å². The first-order valence-electron chi connectivity index (χ1n) is 4.05. The predicted molar refractivity (Wildman–Crippen MR) is 48.5 cm³/mol. The summed E-state index contributed by atoms with van der Waals surface area (Å²) in [5.41, 5.74) is 10.9. The summed E-state index contributed by atoms with van der Waals surface area (Å²) in [6.45, 7) is 0.374. The van der Waals surface area contributed by atoms with Crippen molar-refractivity contribution in [3.8, 4) is 0 Å². The molecule has 1 fully saturated rings. The van der Waals surface area contributed by atoms with Crippen LogP contribution >= 0.6 is 0 Å². The van der Waals surface area contributed by atoms with E-state index in [1.54, 1.807) is 0 Å². The van der Waals surface area contributed by atoms with E-state index in [0.29, 0.717) is 19.4 Å². The Bertz CT molecular complexity index is 263. The SMILES string of the molecule is CS(=O)(=O)C1CCC(N)(CN)C1. The van der Waals surface area contributed by atoms with Crippen molar-refractivity contribution in [1.82, 2.24) is 0 Å². The summed E-state index contributed by atoms with van der Waals surface area (Å²) in [4.78, 5) is 0. The Kier molecular flexibility index (Phi) is 2.47. The van der Waals surface area contributed by atoms with Gasteiger partial charge in [-0.15, -0.1) is 0 Å². The number of sulfone groups is 1. The van der Waals surface area contributed by atoms with Gasteiger partial charge >= 0.3 is 0 Å². The molecule has 0 aliphatic heterocycles. The van der Waals surface area contributed by atoms with Gasteiger partial charge in [0.1, 0.15) is 9.84 Å². The van der Waals surface area contributed by atoms with Gasteiger partial charge in [0, 0.05) is 18.3 Å². The van der Waals surface area contributed by atoms with Gasteiger partial charge in [0.15, 0.2) is 0 Å². The third-order valence-electron chi connectivity index (χ3n) is 2.61. The molecule has 0 aromatic rings. The van der Waals surface area contributed by atoms with E-state index in [0.717, 1.165) is 6.42 Å². The van der Waals surface area contributed by atoms with Crippen LogP contribution in [0.1, 0.15) is 19.3 Å². The third-order valence-corrected chi connectivity index (χ3v) is 4.22. The van der Waals surface area contributed by atoms with Gasteiger partial charge in [-0.25, -0.2) is 8.42 Å². The molecule has 5 heteroatoms. The van der Waals surface area contributed by atoms with Crippen LogP contribution < -0.4 is 11.5 Å². The Morgan fingerprint density at radius 3 is 2.42 bits per heavy atom. The van der Waals surface area contributed by atoms with Gasteiger partial charge < -0.3 is 11.5 Å². The number of hydrogen-bond donors (Lipinski definition) is 2. The molecule has 0 radical (unpaired) electrons. The summed E-state index contributed by atoms with van der Waals surface area (Å²) in [5, 5.41) is -0.272. The second-order valence-electron chi connectivity index (χ2n) is 3.76. The second-order valence-corrected chi connectivity index (χ2v) is 6.09. The van der Waals surface area contributed by atoms with Crippen molar-refractivity contribution in [3.05, 3.63) is 0 Å². The van der Waals surface area contributed by atoms with Crippen molar-refractivity contribution >= 4 is 9.84 Å². The van der Waals surface area contributed by atoms with Gasteiger partial charge in [-0.2, -0.15) is 0 Å². The molecule has 0 spiro atoms.